The first kappa shape index (κ1) is 22.2. The van der Waals surface area contributed by atoms with Crippen LogP contribution < -0.4 is 0 Å². The van der Waals surface area contributed by atoms with Gasteiger partial charge in [-0.2, -0.15) is 0 Å². The molecule has 0 bridgehead atoms. The maximum absolute atomic E-state index is 12.2. The summed E-state index contributed by atoms with van der Waals surface area (Å²) in [6, 6.07) is 0. The highest BCUT2D eigenvalue weighted by atomic mass is 31.2. The van der Waals surface area contributed by atoms with Gasteiger partial charge in [0.2, 0.25) is 0 Å². The van der Waals surface area contributed by atoms with Crippen molar-refractivity contribution >= 4 is 15.2 Å². The average Bonchev–Trinajstić information content (AvgIpc) is 2.56. The molecule has 0 radical (unpaired) electrons. The highest BCUT2D eigenvalue weighted by Gasteiger charge is 2.28. The van der Waals surface area contributed by atoms with Crippen LogP contribution in [0.2, 0.25) is 0 Å². The second kappa shape index (κ2) is 10.9. The molecular weight excluding hydrogens is 332 g/mol. The summed E-state index contributed by atoms with van der Waals surface area (Å²) in [4.78, 5) is 1.93. The van der Waals surface area contributed by atoms with E-state index in [0.717, 1.165) is 6.42 Å². The number of rotatable bonds is 13. The van der Waals surface area contributed by atoms with E-state index in [1.165, 1.54) is 28.4 Å². The Bertz CT molecular complexity index is 344. The van der Waals surface area contributed by atoms with Gasteiger partial charge in [-0.25, -0.2) is 0 Å². The third-order valence-electron chi connectivity index (χ3n) is 3.46. The second-order valence-corrected chi connectivity index (χ2v) is 9.33. The quantitative estimate of drug-likeness (QED) is 0.366. The van der Waals surface area contributed by atoms with Gasteiger partial charge >= 0.3 is 15.2 Å². The van der Waals surface area contributed by atoms with Crippen molar-refractivity contribution in [2.24, 2.45) is 0 Å². The Hall–Kier alpha value is 0.220. The summed E-state index contributed by atoms with van der Waals surface area (Å²) in [5.41, 5.74) is 0. The van der Waals surface area contributed by atoms with Crippen LogP contribution in [0.4, 0.5) is 0 Å². The maximum Gasteiger partial charge on any atom is 0.331 e. The van der Waals surface area contributed by atoms with E-state index in [1.54, 1.807) is 7.11 Å². The molecule has 0 aliphatic heterocycles. The summed E-state index contributed by atoms with van der Waals surface area (Å²) >= 11 is 0. The molecule has 0 spiro atoms. The molecule has 0 amide bonds. The van der Waals surface area contributed by atoms with E-state index >= 15 is 0 Å². The SMILES string of the molecule is CCC(OC)N(CCP(=O)(OC)OC)CCP(=O)(OC)OC. The minimum Gasteiger partial charge on any atom is -0.366 e. The first-order valence-corrected chi connectivity index (χ1v) is 10.5. The monoisotopic (exact) mass is 361 g/mol. The minimum absolute atomic E-state index is 0.190. The summed E-state index contributed by atoms with van der Waals surface area (Å²) in [5, 5.41) is 0. The molecule has 8 nitrogen and oxygen atoms in total. The lowest BCUT2D eigenvalue weighted by Crippen LogP contribution is -2.40. The number of methoxy groups -OCH3 is 1. The summed E-state index contributed by atoms with van der Waals surface area (Å²) in [6.45, 7) is 2.80. The molecule has 0 heterocycles. The first-order valence-electron chi connectivity index (χ1n) is 7.01. The fourth-order valence-electron chi connectivity index (χ4n) is 1.99. The smallest absolute Gasteiger partial charge is 0.331 e. The van der Waals surface area contributed by atoms with Gasteiger partial charge in [-0.1, -0.05) is 6.92 Å². The van der Waals surface area contributed by atoms with Crippen molar-refractivity contribution in [2.75, 3.05) is 61.0 Å². The summed E-state index contributed by atoms with van der Waals surface area (Å²) in [7, 11) is 0.805. The lowest BCUT2D eigenvalue weighted by Gasteiger charge is -2.31. The first-order chi connectivity index (χ1) is 10.3. The summed E-state index contributed by atoms with van der Waals surface area (Å²) in [6.07, 6.45) is 0.962. The van der Waals surface area contributed by atoms with Crippen LogP contribution in [0.15, 0.2) is 0 Å². The Morgan fingerprint density at radius 2 is 1.18 bits per heavy atom. The highest BCUT2D eigenvalue weighted by molar-refractivity contribution is 7.54. The Labute approximate surface area is 133 Å². The van der Waals surface area contributed by atoms with Gasteiger partial charge in [-0.3, -0.25) is 14.0 Å². The Morgan fingerprint density at radius 3 is 1.41 bits per heavy atom. The van der Waals surface area contributed by atoms with Crippen LogP contribution in [0.5, 0.6) is 0 Å². The average molecular weight is 361 g/mol. The summed E-state index contributed by atoms with van der Waals surface area (Å²) in [5.74, 6) is 0. The van der Waals surface area contributed by atoms with E-state index in [-0.39, 0.29) is 18.6 Å². The highest BCUT2D eigenvalue weighted by Crippen LogP contribution is 2.47. The van der Waals surface area contributed by atoms with E-state index < -0.39 is 15.2 Å². The van der Waals surface area contributed by atoms with Gasteiger partial charge in [0, 0.05) is 48.6 Å². The van der Waals surface area contributed by atoms with E-state index in [1.807, 2.05) is 11.8 Å². The van der Waals surface area contributed by atoms with Gasteiger partial charge in [0.15, 0.2) is 0 Å². The molecular formula is C12H29NO7P2. The second-order valence-electron chi connectivity index (χ2n) is 4.53. The van der Waals surface area contributed by atoms with Crippen LogP contribution >= 0.6 is 15.2 Å². The molecule has 1 atom stereocenters. The molecule has 0 saturated carbocycles. The standard InChI is InChI=1S/C12H29NO7P2/c1-7-12(16-2)13(8-10-21(14,17-3)18-4)9-11-22(15,19-5)20-6/h12H,7-11H2,1-6H3. The number of hydrogen-bond donors (Lipinski definition) is 0. The van der Waals surface area contributed by atoms with Crippen LogP contribution in [0, 0.1) is 0 Å². The van der Waals surface area contributed by atoms with Gasteiger partial charge in [0.05, 0.1) is 12.3 Å². The van der Waals surface area contributed by atoms with Crippen LogP contribution in [0.1, 0.15) is 13.3 Å². The molecule has 0 saturated heterocycles. The van der Waals surface area contributed by atoms with Gasteiger partial charge in [-0.05, 0) is 6.42 Å². The molecule has 0 aromatic rings. The molecule has 22 heavy (non-hydrogen) atoms. The zero-order chi connectivity index (χ0) is 17.2. The van der Waals surface area contributed by atoms with Gasteiger partial charge in [-0.15, -0.1) is 0 Å². The van der Waals surface area contributed by atoms with E-state index in [0.29, 0.717) is 13.1 Å². The van der Waals surface area contributed by atoms with Crippen LogP contribution in [-0.2, 0) is 32.0 Å². The molecule has 0 aliphatic rings. The van der Waals surface area contributed by atoms with Crippen molar-refractivity contribution in [3.05, 3.63) is 0 Å². The number of hydrogen-bond acceptors (Lipinski definition) is 8. The topological polar surface area (TPSA) is 83.5 Å². The largest absolute Gasteiger partial charge is 0.366 e. The predicted octanol–water partition coefficient (Wildman–Crippen LogP) is 2.64. The number of ether oxygens (including phenoxy) is 1. The van der Waals surface area contributed by atoms with E-state index in [4.69, 9.17) is 22.8 Å². The molecule has 0 aromatic carbocycles. The zero-order valence-corrected chi connectivity index (χ0v) is 16.1. The molecule has 0 fully saturated rings. The van der Waals surface area contributed by atoms with Gasteiger partial charge < -0.3 is 22.8 Å². The molecule has 10 heteroatoms. The number of nitrogens with zero attached hydrogens (tertiary/aromatic N) is 1. The molecule has 0 N–H and O–H groups in total. The molecule has 0 rings (SSSR count). The molecule has 0 aliphatic carbocycles. The van der Waals surface area contributed by atoms with Crippen molar-refractivity contribution in [3.63, 3.8) is 0 Å². The lowest BCUT2D eigenvalue weighted by atomic mass is 10.3. The third-order valence-corrected chi connectivity index (χ3v) is 7.18. The Kier molecular flexibility index (Phi) is 11.0. The van der Waals surface area contributed by atoms with E-state index in [2.05, 4.69) is 0 Å². The molecule has 1 unspecified atom stereocenters. The normalized spacial score (nSPS) is 14.5. The van der Waals surface area contributed by atoms with Crippen molar-refractivity contribution in [2.45, 2.75) is 19.6 Å². The predicted molar refractivity (Wildman–Crippen MR) is 85.6 cm³/mol. The van der Waals surface area contributed by atoms with Crippen molar-refractivity contribution in [1.82, 2.24) is 4.90 Å². The zero-order valence-electron chi connectivity index (χ0n) is 14.3. The fraction of sp³-hybridized carbons (Fsp3) is 1.00. The van der Waals surface area contributed by atoms with E-state index in [9.17, 15) is 9.13 Å². The Balaban J connectivity index is 4.84. The van der Waals surface area contributed by atoms with Crippen LogP contribution in [0.3, 0.4) is 0 Å². The third kappa shape index (κ3) is 7.20. The van der Waals surface area contributed by atoms with Gasteiger partial charge in [0.1, 0.15) is 6.23 Å². The van der Waals surface area contributed by atoms with Gasteiger partial charge in [0.25, 0.3) is 0 Å². The van der Waals surface area contributed by atoms with Crippen LogP contribution in [0.25, 0.3) is 0 Å². The van der Waals surface area contributed by atoms with Crippen molar-refractivity contribution in [1.29, 1.82) is 0 Å². The fourth-order valence-corrected chi connectivity index (χ4v) is 4.02. The van der Waals surface area contributed by atoms with Crippen molar-refractivity contribution in [3.8, 4) is 0 Å². The minimum atomic E-state index is -3.10. The van der Waals surface area contributed by atoms with Crippen LogP contribution in [-0.4, -0.2) is 72.1 Å². The Morgan fingerprint density at radius 1 is 0.818 bits per heavy atom. The van der Waals surface area contributed by atoms with Crippen molar-refractivity contribution < 1.29 is 32.0 Å². The maximum atomic E-state index is 12.2. The lowest BCUT2D eigenvalue weighted by molar-refractivity contribution is -0.0291. The molecule has 134 valence electrons. The summed E-state index contributed by atoms with van der Waals surface area (Å²) < 4.78 is 49.4. The molecule has 0 aromatic heterocycles.